The lowest BCUT2D eigenvalue weighted by molar-refractivity contribution is -0.0498. The summed E-state index contributed by atoms with van der Waals surface area (Å²) in [6.07, 6.45) is 7.84. The number of hydrogen-bond acceptors (Lipinski definition) is 4. The summed E-state index contributed by atoms with van der Waals surface area (Å²) in [6.45, 7) is -2.85. The number of fused-ring (bicyclic) bond motifs is 1. The van der Waals surface area contributed by atoms with Crippen molar-refractivity contribution in [3.05, 3.63) is 18.2 Å². The molecule has 1 aliphatic heterocycles. The standard InChI is InChI=1S/C17H24F2N2O2/c18-17(19)23-12-8-9-13-15(10-12)21-16(22)14(20-13)5-3-1-2-4-11-6-7-11/h8-11,14,16-17,20-22H,1-7H2. The number of aliphatic hydroxyl groups is 1. The van der Waals surface area contributed by atoms with Gasteiger partial charge < -0.3 is 20.5 Å². The minimum atomic E-state index is -2.85. The Kier molecular flexibility index (Phi) is 5.20. The van der Waals surface area contributed by atoms with Crippen LogP contribution in [-0.2, 0) is 0 Å². The Balaban J connectivity index is 1.48. The first-order valence-corrected chi connectivity index (χ1v) is 8.42. The zero-order valence-electron chi connectivity index (χ0n) is 13.1. The summed E-state index contributed by atoms with van der Waals surface area (Å²) in [5.41, 5.74) is 1.39. The van der Waals surface area contributed by atoms with Crippen molar-refractivity contribution in [2.75, 3.05) is 10.6 Å². The molecule has 1 heterocycles. The summed E-state index contributed by atoms with van der Waals surface area (Å²) < 4.78 is 28.9. The molecule has 2 atom stereocenters. The van der Waals surface area contributed by atoms with E-state index in [4.69, 9.17) is 0 Å². The Bertz CT molecular complexity index is 523. The zero-order valence-corrected chi connectivity index (χ0v) is 13.1. The number of unbranched alkanes of at least 4 members (excludes halogenated alkanes) is 2. The van der Waals surface area contributed by atoms with E-state index in [1.165, 1.54) is 44.2 Å². The molecule has 1 fully saturated rings. The first-order valence-electron chi connectivity index (χ1n) is 8.42. The predicted molar refractivity (Wildman–Crippen MR) is 85.9 cm³/mol. The van der Waals surface area contributed by atoms with Gasteiger partial charge in [-0.2, -0.15) is 8.78 Å². The van der Waals surface area contributed by atoms with Crippen LogP contribution in [0, 0.1) is 5.92 Å². The fourth-order valence-corrected chi connectivity index (χ4v) is 3.09. The van der Waals surface area contributed by atoms with E-state index < -0.39 is 12.8 Å². The number of benzene rings is 1. The van der Waals surface area contributed by atoms with Crippen LogP contribution in [-0.4, -0.2) is 24.0 Å². The predicted octanol–water partition coefficient (Wildman–Crippen LogP) is 4.17. The molecule has 1 aromatic rings. The molecule has 1 aliphatic carbocycles. The first kappa shape index (κ1) is 16.3. The van der Waals surface area contributed by atoms with Crippen molar-refractivity contribution in [3.8, 4) is 5.75 Å². The summed E-state index contributed by atoms with van der Waals surface area (Å²) in [5, 5.41) is 16.4. The maximum Gasteiger partial charge on any atom is 0.387 e. The topological polar surface area (TPSA) is 53.5 Å². The Hall–Kier alpha value is -1.56. The Morgan fingerprint density at radius 3 is 2.61 bits per heavy atom. The van der Waals surface area contributed by atoms with Gasteiger partial charge in [0, 0.05) is 6.07 Å². The molecule has 128 valence electrons. The van der Waals surface area contributed by atoms with E-state index in [1.54, 1.807) is 6.07 Å². The second kappa shape index (κ2) is 7.34. The van der Waals surface area contributed by atoms with Crippen LogP contribution < -0.4 is 15.4 Å². The molecule has 0 radical (unpaired) electrons. The lowest BCUT2D eigenvalue weighted by Gasteiger charge is -2.33. The van der Waals surface area contributed by atoms with Gasteiger partial charge in [0.25, 0.3) is 0 Å². The normalized spacial score (nSPS) is 23.1. The van der Waals surface area contributed by atoms with Gasteiger partial charge in [-0.1, -0.05) is 38.5 Å². The molecule has 0 bridgehead atoms. The van der Waals surface area contributed by atoms with Gasteiger partial charge in [-0.05, 0) is 24.5 Å². The van der Waals surface area contributed by atoms with Crippen molar-refractivity contribution in [3.63, 3.8) is 0 Å². The van der Waals surface area contributed by atoms with Gasteiger partial charge in [0.2, 0.25) is 0 Å². The molecule has 6 heteroatoms. The Morgan fingerprint density at radius 1 is 1.09 bits per heavy atom. The van der Waals surface area contributed by atoms with E-state index in [0.29, 0.717) is 5.69 Å². The molecule has 1 saturated carbocycles. The SMILES string of the molecule is OC1Nc2cc(OC(F)F)ccc2NC1CCCCCC1CC1. The van der Waals surface area contributed by atoms with Gasteiger partial charge in [-0.3, -0.25) is 0 Å². The second-order valence-corrected chi connectivity index (χ2v) is 6.51. The van der Waals surface area contributed by atoms with Gasteiger partial charge >= 0.3 is 6.61 Å². The van der Waals surface area contributed by atoms with E-state index in [1.807, 2.05) is 0 Å². The third-order valence-electron chi connectivity index (χ3n) is 4.57. The molecule has 2 unspecified atom stereocenters. The van der Waals surface area contributed by atoms with Crippen LogP contribution in [0.25, 0.3) is 0 Å². The molecule has 1 aromatic carbocycles. The second-order valence-electron chi connectivity index (χ2n) is 6.51. The number of anilines is 2. The number of ether oxygens (including phenoxy) is 1. The number of aliphatic hydroxyl groups excluding tert-OH is 1. The number of halogens is 2. The molecule has 4 nitrogen and oxygen atoms in total. The summed E-state index contributed by atoms with van der Waals surface area (Å²) >= 11 is 0. The fourth-order valence-electron chi connectivity index (χ4n) is 3.09. The highest BCUT2D eigenvalue weighted by molar-refractivity contribution is 5.73. The van der Waals surface area contributed by atoms with Crippen molar-refractivity contribution in [2.24, 2.45) is 5.92 Å². The fraction of sp³-hybridized carbons (Fsp3) is 0.647. The Labute approximate surface area is 135 Å². The summed E-state index contributed by atoms with van der Waals surface area (Å²) in [5.74, 6) is 1.06. The molecule has 0 saturated heterocycles. The first-order chi connectivity index (χ1) is 11.1. The largest absolute Gasteiger partial charge is 0.435 e. The lowest BCUT2D eigenvalue weighted by Crippen LogP contribution is -2.42. The molecular weight excluding hydrogens is 302 g/mol. The number of hydrogen-bond donors (Lipinski definition) is 3. The highest BCUT2D eigenvalue weighted by Gasteiger charge is 2.26. The zero-order chi connectivity index (χ0) is 16.2. The number of rotatable bonds is 8. The van der Waals surface area contributed by atoms with E-state index in [0.717, 1.165) is 24.4 Å². The average molecular weight is 326 g/mol. The third kappa shape index (κ3) is 4.70. The monoisotopic (exact) mass is 326 g/mol. The van der Waals surface area contributed by atoms with Gasteiger partial charge in [-0.15, -0.1) is 0 Å². The van der Waals surface area contributed by atoms with E-state index >= 15 is 0 Å². The highest BCUT2D eigenvalue weighted by Crippen LogP contribution is 2.35. The molecule has 3 N–H and O–H groups in total. The van der Waals surface area contributed by atoms with Gasteiger partial charge in [0.05, 0.1) is 17.4 Å². The number of nitrogens with one attached hydrogen (secondary N) is 2. The number of alkyl halides is 2. The minimum Gasteiger partial charge on any atom is -0.435 e. The maximum atomic E-state index is 12.2. The van der Waals surface area contributed by atoms with Crippen LogP contribution in [0.4, 0.5) is 20.2 Å². The van der Waals surface area contributed by atoms with Gasteiger partial charge in [0.1, 0.15) is 12.0 Å². The van der Waals surface area contributed by atoms with Crippen LogP contribution in [0.5, 0.6) is 5.75 Å². The highest BCUT2D eigenvalue weighted by atomic mass is 19.3. The molecular formula is C17H24F2N2O2. The van der Waals surface area contributed by atoms with Crippen molar-refractivity contribution >= 4 is 11.4 Å². The smallest absolute Gasteiger partial charge is 0.387 e. The van der Waals surface area contributed by atoms with Crippen LogP contribution in [0.3, 0.4) is 0 Å². The molecule has 3 rings (SSSR count). The maximum absolute atomic E-state index is 12.2. The Morgan fingerprint density at radius 2 is 1.87 bits per heavy atom. The third-order valence-corrected chi connectivity index (χ3v) is 4.57. The van der Waals surface area contributed by atoms with E-state index in [-0.39, 0.29) is 11.8 Å². The lowest BCUT2D eigenvalue weighted by atomic mass is 10.0. The van der Waals surface area contributed by atoms with Gasteiger partial charge in [-0.25, -0.2) is 0 Å². The molecule has 0 spiro atoms. The van der Waals surface area contributed by atoms with Crippen LogP contribution >= 0.6 is 0 Å². The van der Waals surface area contributed by atoms with Crippen molar-refractivity contribution < 1.29 is 18.6 Å². The minimum absolute atomic E-state index is 0.0645. The molecule has 0 amide bonds. The van der Waals surface area contributed by atoms with E-state index in [2.05, 4.69) is 15.4 Å². The van der Waals surface area contributed by atoms with Crippen molar-refractivity contribution in [1.29, 1.82) is 0 Å². The summed E-state index contributed by atoms with van der Waals surface area (Å²) in [4.78, 5) is 0. The van der Waals surface area contributed by atoms with E-state index in [9.17, 15) is 13.9 Å². The van der Waals surface area contributed by atoms with Crippen LogP contribution in [0.15, 0.2) is 18.2 Å². The molecule has 23 heavy (non-hydrogen) atoms. The van der Waals surface area contributed by atoms with Crippen LogP contribution in [0.1, 0.15) is 44.9 Å². The summed E-state index contributed by atoms with van der Waals surface area (Å²) in [6, 6.07) is 4.62. The van der Waals surface area contributed by atoms with Crippen LogP contribution in [0.2, 0.25) is 0 Å². The molecule has 0 aromatic heterocycles. The molecule has 2 aliphatic rings. The van der Waals surface area contributed by atoms with Crippen molar-refractivity contribution in [1.82, 2.24) is 0 Å². The van der Waals surface area contributed by atoms with Gasteiger partial charge in [0.15, 0.2) is 0 Å². The van der Waals surface area contributed by atoms with Crippen molar-refractivity contribution in [2.45, 2.75) is 63.8 Å². The average Bonchev–Trinajstić information content (AvgIpc) is 3.31. The summed E-state index contributed by atoms with van der Waals surface area (Å²) in [7, 11) is 0. The quantitative estimate of drug-likeness (QED) is 0.628.